The van der Waals surface area contributed by atoms with Crippen LogP contribution < -0.4 is 10.5 Å². The summed E-state index contributed by atoms with van der Waals surface area (Å²) >= 11 is 0. The Morgan fingerprint density at radius 2 is 1.96 bits per heavy atom. The van der Waals surface area contributed by atoms with E-state index in [2.05, 4.69) is 16.8 Å². The van der Waals surface area contributed by atoms with Gasteiger partial charge in [0, 0.05) is 50.9 Å². The first-order valence-corrected chi connectivity index (χ1v) is 8.06. The summed E-state index contributed by atoms with van der Waals surface area (Å²) in [6.07, 6.45) is 4.24. The molecule has 1 fully saturated rings. The van der Waals surface area contributed by atoms with Crippen molar-refractivity contribution in [3.8, 4) is 11.8 Å². The molecular formula is C19H21N3O2. The van der Waals surface area contributed by atoms with E-state index in [1.54, 1.807) is 19.4 Å². The second kappa shape index (κ2) is 6.50. The van der Waals surface area contributed by atoms with Gasteiger partial charge in [0.2, 0.25) is 0 Å². The summed E-state index contributed by atoms with van der Waals surface area (Å²) in [5.74, 6) is 6.57. The Balaban J connectivity index is 1.74. The van der Waals surface area contributed by atoms with Gasteiger partial charge in [-0.1, -0.05) is 30.0 Å². The number of aliphatic hydroxyl groups is 1. The van der Waals surface area contributed by atoms with Gasteiger partial charge in [-0.05, 0) is 18.6 Å². The molecule has 1 aliphatic rings. The minimum absolute atomic E-state index is 0.117. The van der Waals surface area contributed by atoms with Gasteiger partial charge in [0.1, 0.15) is 5.60 Å². The van der Waals surface area contributed by atoms with E-state index in [-0.39, 0.29) is 5.56 Å². The Morgan fingerprint density at radius 1 is 1.25 bits per heavy atom. The zero-order chi connectivity index (χ0) is 17.2. The fourth-order valence-corrected chi connectivity index (χ4v) is 2.81. The molecule has 5 nitrogen and oxygen atoms in total. The van der Waals surface area contributed by atoms with E-state index in [1.807, 2.05) is 36.1 Å². The van der Waals surface area contributed by atoms with Gasteiger partial charge in [0.05, 0.1) is 0 Å². The Kier molecular flexibility index (Phi) is 4.41. The molecular weight excluding hydrogens is 302 g/mol. The van der Waals surface area contributed by atoms with E-state index in [1.165, 1.54) is 4.57 Å². The number of aryl methyl sites for hydroxylation is 2. The van der Waals surface area contributed by atoms with Gasteiger partial charge in [0.25, 0.3) is 5.56 Å². The largest absolute Gasteiger partial charge is 0.377 e. The van der Waals surface area contributed by atoms with E-state index in [4.69, 9.17) is 0 Å². The van der Waals surface area contributed by atoms with E-state index in [0.29, 0.717) is 31.7 Å². The fourth-order valence-electron chi connectivity index (χ4n) is 2.81. The van der Waals surface area contributed by atoms with Crippen molar-refractivity contribution in [1.29, 1.82) is 0 Å². The third kappa shape index (κ3) is 3.34. The van der Waals surface area contributed by atoms with Gasteiger partial charge in [-0.15, -0.1) is 0 Å². The lowest BCUT2D eigenvalue weighted by atomic mass is 9.91. The third-order valence-electron chi connectivity index (χ3n) is 4.46. The van der Waals surface area contributed by atoms with Crippen LogP contribution >= 0.6 is 0 Å². The second-order valence-electron chi connectivity index (χ2n) is 6.25. The molecule has 24 heavy (non-hydrogen) atoms. The van der Waals surface area contributed by atoms with Crippen molar-refractivity contribution in [2.45, 2.75) is 25.4 Å². The van der Waals surface area contributed by atoms with Crippen molar-refractivity contribution in [1.82, 2.24) is 9.55 Å². The lowest BCUT2D eigenvalue weighted by Gasteiger charge is -2.35. The van der Waals surface area contributed by atoms with Crippen LogP contribution in [0.15, 0.2) is 41.5 Å². The SMILES string of the molecule is Cc1ccccc1C#CC1(O)CCN(c2nccn(C)c2=O)CC1. The minimum Gasteiger partial charge on any atom is -0.377 e. The summed E-state index contributed by atoms with van der Waals surface area (Å²) in [4.78, 5) is 18.3. The van der Waals surface area contributed by atoms with Crippen LogP contribution in [0.25, 0.3) is 0 Å². The monoisotopic (exact) mass is 323 g/mol. The van der Waals surface area contributed by atoms with Crippen LogP contribution in [-0.2, 0) is 7.05 Å². The highest BCUT2D eigenvalue weighted by atomic mass is 16.3. The number of benzene rings is 1. The fraction of sp³-hybridized carbons (Fsp3) is 0.368. The standard InChI is InChI=1S/C19H21N3O2/c1-15-5-3-4-6-16(15)7-8-19(24)9-12-22(13-10-19)17-18(23)21(2)14-11-20-17/h3-6,11,14,24H,9-10,12-13H2,1-2H3. The van der Waals surface area contributed by atoms with Crippen molar-refractivity contribution in [3.05, 3.63) is 58.1 Å². The minimum atomic E-state index is -1.02. The molecule has 1 aromatic carbocycles. The van der Waals surface area contributed by atoms with E-state index in [0.717, 1.165) is 11.1 Å². The van der Waals surface area contributed by atoms with Gasteiger partial charge >= 0.3 is 0 Å². The van der Waals surface area contributed by atoms with Crippen molar-refractivity contribution >= 4 is 5.82 Å². The molecule has 124 valence electrons. The predicted molar refractivity (Wildman–Crippen MR) is 93.9 cm³/mol. The molecule has 2 heterocycles. The molecule has 1 aromatic heterocycles. The Labute approximate surface area is 141 Å². The highest BCUT2D eigenvalue weighted by Gasteiger charge is 2.31. The Bertz CT molecular complexity index is 853. The Hall–Kier alpha value is -2.58. The molecule has 0 bridgehead atoms. The number of hydrogen-bond donors (Lipinski definition) is 1. The van der Waals surface area contributed by atoms with Crippen molar-refractivity contribution in [3.63, 3.8) is 0 Å². The molecule has 0 saturated carbocycles. The lowest BCUT2D eigenvalue weighted by molar-refractivity contribution is 0.0744. The van der Waals surface area contributed by atoms with Crippen molar-refractivity contribution < 1.29 is 5.11 Å². The number of rotatable bonds is 1. The van der Waals surface area contributed by atoms with Crippen LogP contribution in [0.1, 0.15) is 24.0 Å². The van der Waals surface area contributed by atoms with Crippen LogP contribution in [0.2, 0.25) is 0 Å². The summed E-state index contributed by atoms with van der Waals surface area (Å²) in [6, 6.07) is 7.88. The summed E-state index contributed by atoms with van der Waals surface area (Å²) in [6.45, 7) is 3.13. The molecule has 3 rings (SSSR count). The molecule has 0 radical (unpaired) electrons. The summed E-state index contributed by atoms with van der Waals surface area (Å²) in [5.41, 5.74) is 0.905. The van der Waals surface area contributed by atoms with Crippen LogP contribution in [0.5, 0.6) is 0 Å². The molecule has 5 heteroatoms. The number of anilines is 1. The molecule has 0 unspecified atom stereocenters. The second-order valence-corrected chi connectivity index (χ2v) is 6.25. The maximum Gasteiger partial charge on any atom is 0.293 e. The topological polar surface area (TPSA) is 58.4 Å². The number of nitrogens with zero attached hydrogens (tertiary/aromatic N) is 3. The molecule has 0 aliphatic carbocycles. The van der Waals surface area contributed by atoms with E-state index < -0.39 is 5.60 Å². The van der Waals surface area contributed by atoms with Crippen molar-refractivity contribution in [2.75, 3.05) is 18.0 Å². The molecule has 0 spiro atoms. The van der Waals surface area contributed by atoms with Crippen LogP contribution in [0.4, 0.5) is 5.82 Å². The van der Waals surface area contributed by atoms with Gasteiger partial charge in [-0.3, -0.25) is 4.79 Å². The summed E-state index contributed by atoms with van der Waals surface area (Å²) in [5, 5.41) is 10.7. The van der Waals surface area contributed by atoms with Crippen LogP contribution in [-0.4, -0.2) is 33.3 Å². The van der Waals surface area contributed by atoms with Crippen LogP contribution in [0.3, 0.4) is 0 Å². The third-order valence-corrected chi connectivity index (χ3v) is 4.46. The number of aromatic nitrogens is 2. The molecule has 1 N–H and O–H groups in total. The predicted octanol–water partition coefficient (Wildman–Crippen LogP) is 1.47. The van der Waals surface area contributed by atoms with E-state index in [9.17, 15) is 9.90 Å². The first-order valence-electron chi connectivity index (χ1n) is 8.06. The first kappa shape index (κ1) is 16.3. The van der Waals surface area contributed by atoms with Crippen LogP contribution in [0, 0.1) is 18.8 Å². The molecule has 1 aliphatic heterocycles. The highest BCUT2D eigenvalue weighted by molar-refractivity contribution is 5.43. The zero-order valence-corrected chi connectivity index (χ0v) is 14.0. The Morgan fingerprint density at radius 3 is 2.67 bits per heavy atom. The van der Waals surface area contributed by atoms with Gasteiger partial charge in [-0.2, -0.15) is 0 Å². The quantitative estimate of drug-likeness (QED) is 0.808. The average Bonchev–Trinajstić information content (AvgIpc) is 2.58. The summed E-state index contributed by atoms with van der Waals surface area (Å²) in [7, 11) is 1.71. The summed E-state index contributed by atoms with van der Waals surface area (Å²) < 4.78 is 1.52. The molecule has 0 amide bonds. The molecule has 1 saturated heterocycles. The highest BCUT2D eigenvalue weighted by Crippen LogP contribution is 2.23. The average molecular weight is 323 g/mol. The molecule has 2 aromatic rings. The number of piperidine rings is 1. The van der Waals surface area contributed by atoms with Gasteiger partial charge in [0.15, 0.2) is 5.82 Å². The molecule has 0 atom stereocenters. The zero-order valence-electron chi connectivity index (χ0n) is 14.0. The normalized spacial score (nSPS) is 16.4. The maximum atomic E-state index is 12.1. The smallest absolute Gasteiger partial charge is 0.293 e. The first-order chi connectivity index (χ1) is 11.5. The van der Waals surface area contributed by atoms with E-state index >= 15 is 0 Å². The van der Waals surface area contributed by atoms with Gasteiger partial charge < -0.3 is 14.6 Å². The maximum absolute atomic E-state index is 12.1. The van der Waals surface area contributed by atoms with Gasteiger partial charge in [-0.25, -0.2) is 4.98 Å². The van der Waals surface area contributed by atoms with Crippen molar-refractivity contribution in [2.24, 2.45) is 7.05 Å². The number of hydrogen-bond acceptors (Lipinski definition) is 4. The lowest BCUT2D eigenvalue weighted by Crippen LogP contribution is -2.46.